The van der Waals surface area contributed by atoms with Gasteiger partial charge in [-0.2, -0.15) is 9.97 Å². The Morgan fingerprint density at radius 2 is 1.80 bits per heavy atom. The molecule has 1 aromatic heterocycles. The molecule has 0 radical (unpaired) electrons. The van der Waals surface area contributed by atoms with Crippen LogP contribution in [-0.4, -0.2) is 29.2 Å². The van der Waals surface area contributed by atoms with Gasteiger partial charge in [-0.25, -0.2) is 4.39 Å². The number of ether oxygens (including phenoxy) is 2. The van der Waals surface area contributed by atoms with E-state index in [4.69, 9.17) is 21.1 Å². The third kappa shape index (κ3) is 3.45. The molecule has 2 aromatic rings. The summed E-state index contributed by atoms with van der Waals surface area (Å²) in [6.07, 6.45) is 0. The van der Waals surface area contributed by atoms with Gasteiger partial charge in [0.25, 0.3) is 0 Å². The van der Waals surface area contributed by atoms with Crippen LogP contribution < -0.4 is 14.8 Å². The number of aromatic nitrogens is 3. The van der Waals surface area contributed by atoms with E-state index >= 15 is 0 Å². The number of nitrogens with zero attached hydrogens (tertiary/aromatic N) is 3. The van der Waals surface area contributed by atoms with E-state index in [0.29, 0.717) is 6.54 Å². The molecule has 0 saturated heterocycles. The van der Waals surface area contributed by atoms with Crippen LogP contribution in [-0.2, 0) is 6.54 Å². The lowest BCUT2D eigenvalue weighted by Crippen LogP contribution is -2.07. The van der Waals surface area contributed by atoms with Crippen LogP contribution in [0.3, 0.4) is 0 Å². The molecule has 0 saturated carbocycles. The third-order valence-corrected chi connectivity index (χ3v) is 2.68. The second kappa shape index (κ2) is 6.33. The average Bonchev–Trinajstić information content (AvgIpc) is 2.48. The minimum Gasteiger partial charge on any atom is -0.467 e. The van der Waals surface area contributed by atoms with Crippen molar-refractivity contribution < 1.29 is 13.9 Å². The Kier molecular flexibility index (Phi) is 4.52. The molecule has 0 spiro atoms. The molecule has 0 amide bonds. The number of anilines is 1. The fourth-order valence-electron chi connectivity index (χ4n) is 1.43. The van der Waals surface area contributed by atoms with E-state index in [-0.39, 0.29) is 23.0 Å². The average molecular weight is 299 g/mol. The quantitative estimate of drug-likeness (QED) is 0.913. The van der Waals surface area contributed by atoms with Gasteiger partial charge < -0.3 is 14.8 Å². The molecule has 20 heavy (non-hydrogen) atoms. The molecule has 0 aliphatic carbocycles. The molecule has 8 heteroatoms. The summed E-state index contributed by atoms with van der Waals surface area (Å²) in [5.74, 6) is -0.173. The lowest BCUT2D eigenvalue weighted by Gasteiger charge is -2.07. The summed E-state index contributed by atoms with van der Waals surface area (Å²) in [6, 6.07) is 4.71. The number of hydrogen-bond acceptors (Lipinski definition) is 6. The first-order chi connectivity index (χ1) is 9.62. The molecule has 0 unspecified atom stereocenters. The lowest BCUT2D eigenvalue weighted by molar-refractivity contribution is 0.341. The monoisotopic (exact) mass is 298 g/mol. The van der Waals surface area contributed by atoms with E-state index in [1.54, 1.807) is 6.07 Å². The minimum absolute atomic E-state index is 0.0649. The zero-order valence-electron chi connectivity index (χ0n) is 10.9. The highest BCUT2D eigenvalue weighted by atomic mass is 35.5. The Hall–Kier alpha value is -2.15. The highest BCUT2D eigenvalue weighted by Gasteiger charge is 2.07. The van der Waals surface area contributed by atoms with Crippen molar-refractivity contribution in [2.45, 2.75) is 6.54 Å². The smallest absolute Gasteiger partial charge is 0.324 e. The van der Waals surface area contributed by atoms with Crippen LogP contribution in [0, 0.1) is 5.82 Å². The second-order valence-corrected chi connectivity index (χ2v) is 4.14. The summed E-state index contributed by atoms with van der Waals surface area (Å²) >= 11 is 5.71. The van der Waals surface area contributed by atoms with Gasteiger partial charge in [0.1, 0.15) is 5.82 Å². The van der Waals surface area contributed by atoms with Crippen LogP contribution in [0.5, 0.6) is 12.0 Å². The van der Waals surface area contributed by atoms with Crippen molar-refractivity contribution in [2.75, 3.05) is 19.5 Å². The van der Waals surface area contributed by atoms with Crippen LogP contribution >= 0.6 is 11.6 Å². The van der Waals surface area contributed by atoms with Crippen LogP contribution in [0.2, 0.25) is 5.02 Å². The molecule has 106 valence electrons. The molecule has 0 aliphatic heterocycles. The van der Waals surface area contributed by atoms with Gasteiger partial charge in [-0.3, -0.25) is 0 Å². The maximum atomic E-state index is 13.0. The highest BCUT2D eigenvalue weighted by Crippen LogP contribution is 2.17. The molecule has 1 aromatic carbocycles. The van der Waals surface area contributed by atoms with Crippen molar-refractivity contribution in [1.29, 1.82) is 0 Å². The summed E-state index contributed by atoms with van der Waals surface area (Å²) in [5, 5.41) is 3.02. The number of nitrogens with one attached hydrogen (secondary N) is 1. The number of halogens is 2. The van der Waals surface area contributed by atoms with Crippen LogP contribution in [0.25, 0.3) is 0 Å². The molecule has 0 bridgehead atoms. The summed E-state index contributed by atoms with van der Waals surface area (Å²) in [4.78, 5) is 11.9. The van der Waals surface area contributed by atoms with E-state index in [0.717, 1.165) is 5.56 Å². The molecule has 0 aliphatic rings. The third-order valence-electron chi connectivity index (χ3n) is 2.39. The van der Waals surface area contributed by atoms with E-state index < -0.39 is 5.82 Å². The fraction of sp³-hybridized carbons (Fsp3) is 0.250. The maximum Gasteiger partial charge on any atom is 0.324 e. The largest absolute Gasteiger partial charge is 0.467 e. The summed E-state index contributed by atoms with van der Waals surface area (Å²) in [7, 11) is 2.89. The molecular weight excluding hydrogens is 287 g/mol. The molecule has 1 N–H and O–H groups in total. The first kappa shape index (κ1) is 14.3. The van der Waals surface area contributed by atoms with Crippen molar-refractivity contribution in [2.24, 2.45) is 0 Å². The van der Waals surface area contributed by atoms with Gasteiger partial charge in [0.2, 0.25) is 5.95 Å². The molecule has 0 atom stereocenters. The highest BCUT2D eigenvalue weighted by molar-refractivity contribution is 6.30. The van der Waals surface area contributed by atoms with Crippen LogP contribution in [0.4, 0.5) is 10.3 Å². The zero-order valence-corrected chi connectivity index (χ0v) is 11.6. The Bertz CT molecular complexity index is 590. The van der Waals surface area contributed by atoms with Crippen molar-refractivity contribution >= 4 is 17.5 Å². The van der Waals surface area contributed by atoms with Crippen molar-refractivity contribution in [3.63, 3.8) is 0 Å². The van der Waals surface area contributed by atoms with Gasteiger partial charge in [-0.15, -0.1) is 4.98 Å². The van der Waals surface area contributed by atoms with E-state index in [2.05, 4.69) is 20.3 Å². The van der Waals surface area contributed by atoms with E-state index in [1.165, 1.54) is 26.4 Å². The lowest BCUT2D eigenvalue weighted by atomic mass is 10.2. The van der Waals surface area contributed by atoms with Gasteiger partial charge in [-0.1, -0.05) is 17.7 Å². The zero-order chi connectivity index (χ0) is 14.5. The van der Waals surface area contributed by atoms with Gasteiger partial charge in [-0.05, 0) is 17.7 Å². The Balaban J connectivity index is 2.11. The van der Waals surface area contributed by atoms with Gasteiger partial charge >= 0.3 is 12.0 Å². The minimum atomic E-state index is -0.459. The number of methoxy groups -OCH3 is 2. The molecule has 6 nitrogen and oxygen atoms in total. The molecule has 2 rings (SSSR count). The molecule has 0 fully saturated rings. The normalized spacial score (nSPS) is 10.2. The van der Waals surface area contributed by atoms with Gasteiger partial charge in [0.15, 0.2) is 0 Å². The Morgan fingerprint density at radius 1 is 1.15 bits per heavy atom. The maximum absolute atomic E-state index is 13.0. The molecular formula is C12H12ClFN4O2. The van der Waals surface area contributed by atoms with Crippen LogP contribution in [0.15, 0.2) is 18.2 Å². The van der Waals surface area contributed by atoms with E-state index in [1.807, 2.05) is 0 Å². The topological polar surface area (TPSA) is 69.2 Å². The summed E-state index contributed by atoms with van der Waals surface area (Å²) in [5.41, 5.74) is 0.787. The van der Waals surface area contributed by atoms with Crippen molar-refractivity contribution in [1.82, 2.24) is 15.0 Å². The second-order valence-electron chi connectivity index (χ2n) is 3.73. The Morgan fingerprint density at radius 3 is 2.35 bits per heavy atom. The Labute approximate surface area is 119 Å². The number of rotatable bonds is 5. The summed E-state index contributed by atoms with van der Waals surface area (Å²) < 4.78 is 22.9. The van der Waals surface area contributed by atoms with Crippen molar-refractivity contribution in [3.05, 3.63) is 34.6 Å². The van der Waals surface area contributed by atoms with Crippen molar-refractivity contribution in [3.8, 4) is 12.0 Å². The predicted molar refractivity (Wildman–Crippen MR) is 71.7 cm³/mol. The SMILES string of the molecule is COc1nc(NCc2ccc(F)c(Cl)c2)nc(OC)n1. The van der Waals surface area contributed by atoms with E-state index in [9.17, 15) is 4.39 Å². The number of hydrogen-bond donors (Lipinski definition) is 1. The van der Waals surface area contributed by atoms with Gasteiger partial charge in [0, 0.05) is 6.54 Å². The standard InChI is InChI=1S/C12H12ClFN4O2/c1-19-11-16-10(17-12(18-11)20-2)15-6-7-3-4-9(14)8(13)5-7/h3-5H,6H2,1-2H3,(H,15,16,17,18). The summed E-state index contributed by atoms with van der Waals surface area (Å²) in [6.45, 7) is 0.371. The molecule has 1 heterocycles. The van der Waals surface area contributed by atoms with Crippen LogP contribution in [0.1, 0.15) is 5.56 Å². The first-order valence-electron chi connectivity index (χ1n) is 5.64. The predicted octanol–water partition coefficient (Wildman–Crippen LogP) is 2.29. The van der Waals surface area contributed by atoms with Gasteiger partial charge in [0.05, 0.1) is 19.2 Å². The number of benzene rings is 1. The fourth-order valence-corrected chi connectivity index (χ4v) is 1.63. The first-order valence-corrected chi connectivity index (χ1v) is 6.02.